The topological polar surface area (TPSA) is 97.4 Å². The van der Waals surface area contributed by atoms with Crippen molar-refractivity contribution >= 4 is 17.9 Å². The highest BCUT2D eigenvalue weighted by atomic mass is 19.4. The molecule has 3 rings (SSSR count). The standard InChI is InChI=1S/C31H29F3O8/c1-4-20-8-12-23(13-9-20)41-29(36)21-10-14-25(24(18-21)31(32,33)34)42-30(37)22-11-15-26(27(19-22)38-3)39-16-6-7-17-40-28(35)5-2/h5,8-15,18-19H,2,4,6-7,16-17H2,1,3H3. The molecular weight excluding hydrogens is 557 g/mol. The summed E-state index contributed by atoms with van der Waals surface area (Å²) in [5.41, 5.74) is -0.787. The van der Waals surface area contributed by atoms with Gasteiger partial charge >= 0.3 is 24.1 Å². The quantitative estimate of drug-likeness (QED) is 0.0956. The summed E-state index contributed by atoms with van der Waals surface area (Å²) in [6.07, 6.45) is -2.01. The molecule has 11 heteroatoms. The van der Waals surface area contributed by atoms with E-state index in [-0.39, 0.29) is 35.8 Å². The van der Waals surface area contributed by atoms with Gasteiger partial charge in [-0.3, -0.25) is 0 Å². The van der Waals surface area contributed by atoms with E-state index in [9.17, 15) is 27.6 Å². The Morgan fingerprint density at radius 3 is 2.05 bits per heavy atom. The van der Waals surface area contributed by atoms with Gasteiger partial charge in [0.05, 0.1) is 37.0 Å². The molecule has 0 aromatic heterocycles. The molecule has 0 fully saturated rings. The summed E-state index contributed by atoms with van der Waals surface area (Å²) in [4.78, 5) is 36.3. The number of esters is 3. The third-order valence-electron chi connectivity index (χ3n) is 5.87. The van der Waals surface area contributed by atoms with Crippen molar-refractivity contribution < 1.29 is 51.2 Å². The maximum absolute atomic E-state index is 13.9. The maximum Gasteiger partial charge on any atom is 0.420 e. The van der Waals surface area contributed by atoms with Gasteiger partial charge in [0.1, 0.15) is 11.5 Å². The van der Waals surface area contributed by atoms with Crippen molar-refractivity contribution in [2.45, 2.75) is 32.4 Å². The van der Waals surface area contributed by atoms with Crippen LogP contribution >= 0.6 is 0 Å². The summed E-state index contributed by atoms with van der Waals surface area (Å²) < 4.78 is 67.6. The normalized spacial score (nSPS) is 10.9. The van der Waals surface area contributed by atoms with Crippen LogP contribution in [0, 0.1) is 0 Å². The minimum Gasteiger partial charge on any atom is -0.493 e. The molecule has 0 saturated heterocycles. The Balaban J connectivity index is 1.69. The maximum atomic E-state index is 13.9. The Bertz CT molecular complexity index is 1410. The largest absolute Gasteiger partial charge is 0.493 e. The predicted molar refractivity (Wildman–Crippen MR) is 146 cm³/mol. The van der Waals surface area contributed by atoms with Gasteiger partial charge in [0.2, 0.25) is 0 Å². The molecule has 0 saturated carbocycles. The molecule has 0 unspecified atom stereocenters. The van der Waals surface area contributed by atoms with Crippen molar-refractivity contribution in [3.8, 4) is 23.0 Å². The number of carbonyl (C=O) groups excluding carboxylic acids is 3. The highest BCUT2D eigenvalue weighted by Crippen LogP contribution is 2.38. The molecule has 3 aromatic carbocycles. The lowest BCUT2D eigenvalue weighted by Gasteiger charge is -2.15. The van der Waals surface area contributed by atoms with Crippen molar-refractivity contribution in [3.05, 3.63) is 95.6 Å². The van der Waals surface area contributed by atoms with Gasteiger partial charge in [-0.15, -0.1) is 0 Å². The lowest BCUT2D eigenvalue weighted by Crippen LogP contribution is -2.16. The summed E-state index contributed by atoms with van der Waals surface area (Å²) in [6, 6.07) is 13.1. The number of halogens is 3. The number of ether oxygens (including phenoxy) is 5. The van der Waals surface area contributed by atoms with Crippen LogP contribution in [0.25, 0.3) is 0 Å². The first-order valence-electron chi connectivity index (χ1n) is 12.9. The van der Waals surface area contributed by atoms with E-state index < -0.39 is 35.4 Å². The smallest absolute Gasteiger partial charge is 0.420 e. The van der Waals surface area contributed by atoms with Crippen LogP contribution in [-0.4, -0.2) is 38.2 Å². The zero-order valence-electron chi connectivity index (χ0n) is 23.0. The van der Waals surface area contributed by atoms with Crippen LogP contribution in [0.15, 0.2) is 73.3 Å². The summed E-state index contributed by atoms with van der Waals surface area (Å²) >= 11 is 0. The average Bonchev–Trinajstić information content (AvgIpc) is 2.98. The van der Waals surface area contributed by atoms with Gasteiger partial charge in [0.25, 0.3) is 0 Å². The Kier molecular flexibility index (Phi) is 11.1. The van der Waals surface area contributed by atoms with Gasteiger partial charge in [0.15, 0.2) is 11.5 Å². The van der Waals surface area contributed by atoms with Gasteiger partial charge in [-0.25, -0.2) is 14.4 Å². The average molecular weight is 587 g/mol. The van der Waals surface area contributed by atoms with E-state index in [2.05, 4.69) is 6.58 Å². The summed E-state index contributed by atoms with van der Waals surface area (Å²) in [7, 11) is 1.34. The van der Waals surface area contributed by atoms with Gasteiger partial charge in [-0.2, -0.15) is 13.2 Å². The fraction of sp³-hybridized carbons (Fsp3) is 0.258. The van der Waals surface area contributed by atoms with E-state index in [4.69, 9.17) is 23.7 Å². The minimum absolute atomic E-state index is 0.0947. The molecule has 0 radical (unpaired) electrons. The molecule has 0 aliphatic rings. The highest BCUT2D eigenvalue weighted by Gasteiger charge is 2.36. The van der Waals surface area contributed by atoms with Gasteiger partial charge < -0.3 is 23.7 Å². The first-order valence-corrected chi connectivity index (χ1v) is 12.9. The third kappa shape index (κ3) is 8.85. The Hall–Kier alpha value is -4.80. The van der Waals surface area contributed by atoms with Crippen molar-refractivity contribution in [1.82, 2.24) is 0 Å². The number of hydrogen-bond acceptors (Lipinski definition) is 8. The Labute approximate surface area is 240 Å². The molecule has 0 bridgehead atoms. The molecule has 222 valence electrons. The molecule has 8 nitrogen and oxygen atoms in total. The van der Waals surface area contributed by atoms with Crippen molar-refractivity contribution in [1.29, 1.82) is 0 Å². The molecular formula is C31H29F3O8. The number of benzene rings is 3. The number of rotatable bonds is 13. The number of carbonyl (C=O) groups is 3. The number of alkyl halides is 3. The Morgan fingerprint density at radius 1 is 0.810 bits per heavy atom. The third-order valence-corrected chi connectivity index (χ3v) is 5.87. The molecule has 42 heavy (non-hydrogen) atoms. The van der Waals surface area contributed by atoms with Crippen LogP contribution < -0.4 is 18.9 Å². The molecule has 0 spiro atoms. The lowest BCUT2D eigenvalue weighted by atomic mass is 10.1. The van der Waals surface area contributed by atoms with E-state index in [1.54, 1.807) is 24.3 Å². The van der Waals surface area contributed by atoms with Crippen LogP contribution in [0.3, 0.4) is 0 Å². The second-order valence-corrected chi connectivity index (χ2v) is 8.78. The fourth-order valence-corrected chi connectivity index (χ4v) is 3.62. The molecule has 3 aromatic rings. The molecule has 0 N–H and O–H groups in total. The molecule has 0 aliphatic carbocycles. The zero-order chi connectivity index (χ0) is 30.7. The lowest BCUT2D eigenvalue weighted by molar-refractivity contribution is -0.139. The molecule has 0 amide bonds. The second-order valence-electron chi connectivity index (χ2n) is 8.78. The van der Waals surface area contributed by atoms with Gasteiger partial charge in [-0.05, 0) is 73.4 Å². The van der Waals surface area contributed by atoms with E-state index in [0.717, 1.165) is 30.2 Å². The monoisotopic (exact) mass is 586 g/mol. The van der Waals surface area contributed by atoms with Crippen molar-refractivity contribution in [2.75, 3.05) is 20.3 Å². The summed E-state index contributed by atoms with van der Waals surface area (Å²) in [5.74, 6) is -2.76. The fourth-order valence-electron chi connectivity index (χ4n) is 3.62. The number of aryl methyl sites for hydroxylation is 1. The zero-order valence-corrected chi connectivity index (χ0v) is 23.0. The summed E-state index contributed by atoms with van der Waals surface area (Å²) in [5, 5.41) is 0. The number of hydrogen-bond donors (Lipinski definition) is 0. The van der Waals surface area contributed by atoms with Gasteiger partial charge in [0, 0.05) is 6.08 Å². The van der Waals surface area contributed by atoms with Crippen LogP contribution in [0.5, 0.6) is 23.0 Å². The first-order chi connectivity index (χ1) is 20.0. The van der Waals surface area contributed by atoms with Crippen LogP contribution in [-0.2, 0) is 22.1 Å². The molecule has 0 aliphatic heterocycles. The van der Waals surface area contributed by atoms with Crippen molar-refractivity contribution in [3.63, 3.8) is 0 Å². The van der Waals surface area contributed by atoms with E-state index in [1.807, 2.05) is 6.92 Å². The number of unbranched alkanes of at least 4 members (excludes halogenated alkanes) is 1. The van der Waals surface area contributed by atoms with Crippen LogP contribution in [0.1, 0.15) is 51.6 Å². The van der Waals surface area contributed by atoms with Crippen LogP contribution in [0.2, 0.25) is 0 Å². The number of methoxy groups -OCH3 is 1. The first kappa shape index (κ1) is 31.7. The molecule has 0 atom stereocenters. The van der Waals surface area contributed by atoms with E-state index in [1.165, 1.54) is 25.3 Å². The van der Waals surface area contributed by atoms with Crippen molar-refractivity contribution in [2.24, 2.45) is 0 Å². The molecule has 0 heterocycles. The second kappa shape index (κ2) is 14.7. The predicted octanol–water partition coefficient (Wildman–Crippen LogP) is 6.60. The Morgan fingerprint density at radius 2 is 1.43 bits per heavy atom. The highest BCUT2D eigenvalue weighted by molar-refractivity contribution is 5.93. The van der Waals surface area contributed by atoms with Gasteiger partial charge in [-0.1, -0.05) is 25.6 Å². The summed E-state index contributed by atoms with van der Waals surface area (Å²) in [6.45, 7) is 5.71. The van der Waals surface area contributed by atoms with E-state index >= 15 is 0 Å². The van der Waals surface area contributed by atoms with E-state index in [0.29, 0.717) is 24.7 Å². The SMILES string of the molecule is C=CC(=O)OCCCCOc1ccc(C(=O)Oc2ccc(C(=O)Oc3ccc(CC)cc3)cc2C(F)(F)F)cc1OC. The minimum atomic E-state index is -4.94. The van der Waals surface area contributed by atoms with Crippen LogP contribution in [0.4, 0.5) is 13.2 Å².